The molecule has 14 bridgehead atoms. The van der Waals surface area contributed by atoms with Crippen molar-refractivity contribution < 1.29 is 178 Å². The third kappa shape index (κ3) is 14.1. The minimum absolute atomic E-state index is 0.691. The Morgan fingerprint density at radius 1 is 0.298 bits per heavy atom. The van der Waals surface area contributed by atoms with E-state index >= 15 is 0 Å². The number of ether oxygens (including phenoxy) is 15. The maximum absolute atomic E-state index is 12.9. The number of carbonyl (C=O) groups excluding carboxylic acids is 1. The van der Waals surface area contributed by atoms with Gasteiger partial charge in [-0.2, -0.15) is 0 Å². The largest absolute Gasteiger partial charge is 0.444 e. The number of amides is 1. The van der Waals surface area contributed by atoms with E-state index in [2.05, 4.69) is 5.32 Å². The van der Waals surface area contributed by atoms with E-state index in [1.165, 1.54) is 20.8 Å². The molecule has 0 radical (unpaired) electrons. The second kappa shape index (κ2) is 28.4. The monoisotopic (exact) mass is 1230 g/mol. The fourth-order valence-electron chi connectivity index (χ4n) is 10.9. The Morgan fingerprint density at radius 3 is 0.631 bits per heavy atom. The lowest BCUT2D eigenvalue weighted by molar-refractivity contribution is -0.396. The summed E-state index contributed by atoms with van der Waals surface area (Å²) in [6.45, 7) is -2.48. The average Bonchev–Trinajstić information content (AvgIpc) is 1.85. The van der Waals surface area contributed by atoms with E-state index in [0.717, 1.165) is 0 Å². The van der Waals surface area contributed by atoms with Crippen LogP contribution in [0.4, 0.5) is 4.79 Å². The van der Waals surface area contributed by atoms with Gasteiger partial charge in [-0.05, 0) is 20.8 Å². The van der Waals surface area contributed by atoms with E-state index in [1.54, 1.807) is 0 Å². The van der Waals surface area contributed by atoms with Crippen LogP contribution >= 0.6 is 0 Å². The predicted octanol–water partition coefficient (Wildman–Crippen LogP) is -13.7. The number of alkyl carbamates (subject to hydrolysis) is 1. The normalized spacial score (nSPS) is 51.8. The number of nitrogens with one attached hydrogen (secondary N) is 1. The van der Waals surface area contributed by atoms with Crippen molar-refractivity contribution >= 4 is 6.09 Å². The molecule has 35 atom stereocenters. The number of hydrogen-bond acceptors (Lipinski definition) is 36. The summed E-state index contributed by atoms with van der Waals surface area (Å²) in [5, 5.41) is 225. The maximum atomic E-state index is 12.9. The van der Waals surface area contributed by atoms with Crippen LogP contribution in [-0.2, 0) is 71.1 Å². The fourth-order valence-corrected chi connectivity index (χ4v) is 10.9. The van der Waals surface area contributed by atoms with Crippen molar-refractivity contribution in [3.05, 3.63) is 0 Å². The van der Waals surface area contributed by atoms with Gasteiger partial charge in [0.15, 0.2) is 44.0 Å². The zero-order chi connectivity index (χ0) is 61.5. The second-order valence-electron chi connectivity index (χ2n) is 22.4. The van der Waals surface area contributed by atoms with Gasteiger partial charge in [0, 0.05) is 6.54 Å². The van der Waals surface area contributed by atoms with Gasteiger partial charge in [-0.1, -0.05) is 0 Å². The van der Waals surface area contributed by atoms with Gasteiger partial charge < -0.3 is 179 Å². The highest BCUT2D eigenvalue weighted by atomic mass is 16.8. The minimum Gasteiger partial charge on any atom is -0.444 e. The molecule has 0 saturated carbocycles. The summed E-state index contributed by atoms with van der Waals surface area (Å²) < 4.78 is 85.9. The molecule has 0 aromatic rings. The molecular weight excluding hydrogens is 1150 g/mol. The molecule has 0 unspecified atom stereocenters. The van der Waals surface area contributed by atoms with Crippen LogP contribution in [0.2, 0.25) is 0 Å². The summed E-state index contributed by atoms with van der Waals surface area (Å²) in [4.78, 5) is 12.9. The van der Waals surface area contributed by atoms with E-state index in [0.29, 0.717) is 0 Å². The SMILES string of the molecule is CC(C)(C)OC(=O)NC[C@H]1O[C@@H]2O[C@H]3[C@H](O)[C@H](O)[C@@H](O[C@H]4[C@@H](O)[C@H](O)[C@@H](O[C@H]5[C@H](O)[C@@H](O)[C@@H](O[C@H]6[C@H](O)[C@@H](O)[C@@H](O[C@H]7[C@H](O)[C@@H](O)[C@@H](O[C@H]8[C@H](O)[C@@H](O)[C@@H](O[C@H]1[C@H](O)[C@H]2O)O[C@H]8CO)O[C@H]7CO)O[C@H]6CO)O[C@@H]5CO)O[C@@H]4CO)O[C@@H]3CO. The van der Waals surface area contributed by atoms with Gasteiger partial charge in [0.05, 0.1) is 39.6 Å². The summed E-state index contributed by atoms with van der Waals surface area (Å²) in [7, 11) is 0. The van der Waals surface area contributed by atoms with Crippen molar-refractivity contribution in [1.29, 1.82) is 0 Å². The zero-order valence-electron chi connectivity index (χ0n) is 45.1. The molecule has 84 heavy (non-hydrogen) atoms. The molecule has 0 spiro atoms. The Morgan fingerprint density at radius 2 is 0.464 bits per heavy atom. The number of aliphatic hydroxyl groups excluding tert-OH is 20. The lowest BCUT2D eigenvalue weighted by Gasteiger charge is -2.50. The summed E-state index contributed by atoms with van der Waals surface area (Å²) in [6.07, 6.45) is -72.3. The summed E-state index contributed by atoms with van der Waals surface area (Å²) in [6, 6.07) is 0. The molecular formula is C47H79NO36. The molecule has 488 valence electrons. The molecule has 21 aliphatic rings. The number of aliphatic hydroxyl groups is 20. The molecule has 21 fully saturated rings. The van der Waals surface area contributed by atoms with Crippen molar-refractivity contribution in [2.75, 3.05) is 46.2 Å². The Balaban J connectivity index is 1.10. The van der Waals surface area contributed by atoms with Crippen molar-refractivity contribution in [3.8, 4) is 0 Å². The molecule has 21 aliphatic heterocycles. The first-order valence-electron chi connectivity index (χ1n) is 27.0. The smallest absolute Gasteiger partial charge is 0.407 e. The van der Waals surface area contributed by atoms with Crippen LogP contribution in [0.25, 0.3) is 0 Å². The Bertz CT molecular complexity index is 2050. The molecule has 1 amide bonds. The molecule has 21 rings (SSSR count). The third-order valence-corrected chi connectivity index (χ3v) is 15.4. The number of hydrogen-bond donors (Lipinski definition) is 21. The summed E-state index contributed by atoms with van der Waals surface area (Å²) in [5.41, 5.74) is -1.06. The number of rotatable bonds is 8. The molecule has 21 saturated heterocycles. The molecule has 37 heteroatoms. The molecule has 0 aromatic carbocycles. The summed E-state index contributed by atoms with van der Waals surface area (Å²) >= 11 is 0. The van der Waals surface area contributed by atoms with Crippen molar-refractivity contribution in [1.82, 2.24) is 5.32 Å². The summed E-state index contributed by atoms with van der Waals surface area (Å²) in [5.74, 6) is 0. The molecule has 0 aliphatic carbocycles. The minimum atomic E-state index is -2.26. The maximum Gasteiger partial charge on any atom is 0.407 e. The standard InChI is InChI=1S/C47H79NO36/c1-47(2,3)84-46(69)48-4-11-32-18(55)25(62)39(70-11)78-33-12(5-49)72-41(27(64)20(33)57)80-35-14(7-51)74-43(29(66)22(35)59)82-37-16(9-53)76-45(31(68)24(37)61)83-38-17(10-54)75-44(30(67)23(38)60)81-36-15(8-52)73-42(28(65)21(36)58)79-34-13(6-50)71-40(77-32)26(63)19(34)56/h11-45,49-68H,4-10H2,1-3H3,(H,48,69)/t11-,12-,13+,14-,15+,16-,17+,18-,19-,20-,21-,22+,23-,24-,25-,26-,27+,28-,29+,30-,31-,32-,33-,34-,35-,36-,37-,38-,39-,40-,41-,42-,43-,44-,45-/m1/s1. The van der Waals surface area contributed by atoms with Gasteiger partial charge in [0.2, 0.25) is 0 Å². The van der Waals surface area contributed by atoms with E-state index < -0.39 is 273 Å². The van der Waals surface area contributed by atoms with E-state index in [9.17, 15) is 107 Å². The van der Waals surface area contributed by atoms with Crippen LogP contribution < -0.4 is 5.32 Å². The van der Waals surface area contributed by atoms with E-state index in [-0.39, 0.29) is 0 Å². The predicted molar refractivity (Wildman–Crippen MR) is 256 cm³/mol. The highest BCUT2D eigenvalue weighted by Gasteiger charge is 2.59. The highest BCUT2D eigenvalue weighted by molar-refractivity contribution is 5.67. The molecule has 37 nitrogen and oxygen atoms in total. The Kier molecular flexibility index (Phi) is 22.9. The van der Waals surface area contributed by atoms with Crippen LogP contribution in [0.15, 0.2) is 0 Å². The first-order chi connectivity index (χ1) is 39.7. The first kappa shape index (κ1) is 67.8. The van der Waals surface area contributed by atoms with Gasteiger partial charge in [0.1, 0.15) is 177 Å². The van der Waals surface area contributed by atoms with Crippen molar-refractivity contribution in [3.63, 3.8) is 0 Å². The van der Waals surface area contributed by atoms with Gasteiger partial charge in [-0.15, -0.1) is 0 Å². The Hall–Kier alpha value is -2.09. The van der Waals surface area contributed by atoms with Crippen LogP contribution in [0.5, 0.6) is 0 Å². The molecule has 21 heterocycles. The van der Waals surface area contributed by atoms with Gasteiger partial charge in [-0.3, -0.25) is 0 Å². The molecule has 0 aromatic heterocycles. The van der Waals surface area contributed by atoms with Crippen LogP contribution in [0.3, 0.4) is 0 Å². The van der Waals surface area contributed by atoms with Gasteiger partial charge >= 0.3 is 6.09 Å². The number of carbonyl (C=O) groups is 1. The molecule has 21 N–H and O–H groups in total. The van der Waals surface area contributed by atoms with Crippen LogP contribution in [0, 0.1) is 0 Å². The third-order valence-electron chi connectivity index (χ3n) is 15.4. The topological polar surface area (TPSA) is 572 Å². The lowest BCUT2D eigenvalue weighted by atomic mass is 9.95. The van der Waals surface area contributed by atoms with E-state index in [1.807, 2.05) is 0 Å². The Labute approximate surface area is 476 Å². The first-order valence-corrected chi connectivity index (χ1v) is 27.0. The lowest BCUT2D eigenvalue weighted by Crippen LogP contribution is -2.68. The quantitative estimate of drug-likeness (QED) is 0.107. The van der Waals surface area contributed by atoms with Crippen LogP contribution in [0.1, 0.15) is 20.8 Å². The van der Waals surface area contributed by atoms with Crippen molar-refractivity contribution in [2.45, 2.75) is 241 Å². The average molecular weight is 1230 g/mol. The van der Waals surface area contributed by atoms with Gasteiger partial charge in [-0.25, -0.2) is 4.79 Å². The second-order valence-corrected chi connectivity index (χ2v) is 22.4. The van der Waals surface area contributed by atoms with Crippen molar-refractivity contribution in [2.24, 2.45) is 0 Å². The van der Waals surface area contributed by atoms with E-state index in [4.69, 9.17) is 71.1 Å². The van der Waals surface area contributed by atoms with Crippen LogP contribution in [-0.4, -0.2) is 375 Å². The fraction of sp³-hybridized carbons (Fsp3) is 0.979. The van der Waals surface area contributed by atoms with Gasteiger partial charge in [0.25, 0.3) is 0 Å². The highest BCUT2D eigenvalue weighted by Crippen LogP contribution is 2.39. The zero-order valence-corrected chi connectivity index (χ0v) is 45.1.